The molecule has 0 spiro atoms. The van der Waals surface area contributed by atoms with E-state index in [1.165, 1.54) is 5.56 Å². The molecular formula is C11H12OSe. The van der Waals surface area contributed by atoms with Gasteiger partial charge in [-0.15, -0.1) is 0 Å². The Morgan fingerprint density at radius 3 is 2.62 bits per heavy atom. The zero-order chi connectivity index (χ0) is 9.10. The minimum atomic E-state index is 0.465. The molecule has 2 heteroatoms. The Kier molecular flexibility index (Phi) is 2.82. The standard InChI is InChI=1S/C11H12OSe/c12-10-6-7-11(13-8-10)9-4-2-1-3-5-9/h1-5,11H,6-8H2. The van der Waals surface area contributed by atoms with Crippen LogP contribution < -0.4 is 0 Å². The van der Waals surface area contributed by atoms with Gasteiger partial charge in [0.25, 0.3) is 0 Å². The average Bonchev–Trinajstić information content (AvgIpc) is 2.20. The number of ketones is 1. The maximum absolute atomic E-state index is 11.1. The number of hydrogen-bond donors (Lipinski definition) is 0. The van der Waals surface area contributed by atoms with Crippen LogP contribution in [0.2, 0.25) is 5.32 Å². The van der Waals surface area contributed by atoms with Crippen LogP contribution in [0.15, 0.2) is 30.3 Å². The summed E-state index contributed by atoms with van der Waals surface area (Å²) in [6.07, 6.45) is 1.87. The fraction of sp³-hybridized carbons (Fsp3) is 0.364. The van der Waals surface area contributed by atoms with Crippen LogP contribution in [0.25, 0.3) is 0 Å². The molecule has 1 heterocycles. The fourth-order valence-corrected chi connectivity index (χ4v) is 4.02. The average molecular weight is 239 g/mol. The molecule has 1 aromatic rings. The quantitative estimate of drug-likeness (QED) is 0.687. The van der Waals surface area contributed by atoms with Crippen molar-refractivity contribution in [1.82, 2.24) is 0 Å². The normalized spacial score (nSPS) is 23.1. The van der Waals surface area contributed by atoms with E-state index < -0.39 is 0 Å². The minimum absolute atomic E-state index is 0.465. The SMILES string of the molecule is O=C1CCC(c2ccccc2)[Se]C1. The Hall–Kier alpha value is -0.591. The molecule has 13 heavy (non-hydrogen) atoms. The summed E-state index contributed by atoms with van der Waals surface area (Å²) >= 11 is 0.497. The Morgan fingerprint density at radius 2 is 2.00 bits per heavy atom. The van der Waals surface area contributed by atoms with Crippen molar-refractivity contribution >= 4 is 20.7 Å². The van der Waals surface area contributed by atoms with Crippen molar-refractivity contribution in [2.24, 2.45) is 0 Å². The molecule has 0 aliphatic carbocycles. The maximum atomic E-state index is 11.1. The summed E-state index contributed by atoms with van der Waals surface area (Å²) in [7, 11) is 0. The second-order valence-electron chi connectivity index (χ2n) is 3.29. The summed E-state index contributed by atoms with van der Waals surface area (Å²) in [5.41, 5.74) is 1.43. The third-order valence-corrected chi connectivity index (χ3v) is 5.24. The Labute approximate surface area is 84.7 Å². The third-order valence-electron chi connectivity index (χ3n) is 2.30. The summed E-state index contributed by atoms with van der Waals surface area (Å²) in [5.74, 6) is 0.465. The number of rotatable bonds is 1. The molecule has 0 aromatic heterocycles. The van der Waals surface area contributed by atoms with Crippen molar-refractivity contribution in [2.45, 2.75) is 23.0 Å². The molecule has 0 saturated carbocycles. The molecule has 0 radical (unpaired) electrons. The Balaban J connectivity index is 2.07. The molecule has 1 aliphatic rings. The zero-order valence-electron chi connectivity index (χ0n) is 7.40. The first kappa shape index (κ1) is 8.98. The van der Waals surface area contributed by atoms with E-state index in [4.69, 9.17) is 0 Å². The van der Waals surface area contributed by atoms with Gasteiger partial charge >= 0.3 is 84.4 Å². The summed E-state index contributed by atoms with van der Waals surface area (Å²) in [6.45, 7) is 0. The molecule has 68 valence electrons. The summed E-state index contributed by atoms with van der Waals surface area (Å²) in [6, 6.07) is 10.6. The van der Waals surface area contributed by atoms with Crippen LogP contribution in [-0.4, -0.2) is 20.7 Å². The molecular weight excluding hydrogens is 227 g/mol. The van der Waals surface area contributed by atoms with E-state index in [-0.39, 0.29) is 0 Å². The van der Waals surface area contributed by atoms with E-state index in [1.807, 2.05) is 6.07 Å². The van der Waals surface area contributed by atoms with E-state index in [1.54, 1.807) is 0 Å². The van der Waals surface area contributed by atoms with Crippen LogP contribution in [0.4, 0.5) is 0 Å². The van der Waals surface area contributed by atoms with Gasteiger partial charge in [-0.3, -0.25) is 0 Å². The van der Waals surface area contributed by atoms with Gasteiger partial charge < -0.3 is 0 Å². The van der Waals surface area contributed by atoms with E-state index >= 15 is 0 Å². The van der Waals surface area contributed by atoms with Crippen LogP contribution >= 0.6 is 0 Å². The molecule has 1 nitrogen and oxygen atoms in total. The summed E-state index contributed by atoms with van der Waals surface area (Å²) in [5, 5.41) is 0.840. The van der Waals surface area contributed by atoms with Gasteiger partial charge in [-0.25, -0.2) is 0 Å². The van der Waals surface area contributed by atoms with Crippen LogP contribution in [0, 0.1) is 0 Å². The molecule has 1 aliphatic heterocycles. The van der Waals surface area contributed by atoms with Gasteiger partial charge in [0, 0.05) is 0 Å². The van der Waals surface area contributed by atoms with Crippen LogP contribution in [0.1, 0.15) is 23.2 Å². The third kappa shape index (κ3) is 2.20. The topological polar surface area (TPSA) is 17.1 Å². The second kappa shape index (κ2) is 4.08. The summed E-state index contributed by atoms with van der Waals surface area (Å²) in [4.78, 5) is 11.7. The molecule has 1 fully saturated rings. The number of hydrogen-bond acceptors (Lipinski definition) is 1. The van der Waals surface area contributed by atoms with Crippen molar-refractivity contribution < 1.29 is 4.79 Å². The number of carbonyl (C=O) groups excluding carboxylic acids is 1. The van der Waals surface area contributed by atoms with Crippen molar-refractivity contribution in [3.05, 3.63) is 35.9 Å². The molecule has 0 amide bonds. The first-order valence-electron chi connectivity index (χ1n) is 4.54. The monoisotopic (exact) mass is 240 g/mol. The molecule has 0 bridgehead atoms. The van der Waals surface area contributed by atoms with Gasteiger partial charge in [0.2, 0.25) is 0 Å². The van der Waals surface area contributed by atoms with Gasteiger partial charge in [-0.05, 0) is 0 Å². The van der Waals surface area contributed by atoms with E-state index in [2.05, 4.69) is 24.3 Å². The van der Waals surface area contributed by atoms with Crippen molar-refractivity contribution in [3.8, 4) is 0 Å². The molecule has 1 unspecified atom stereocenters. The van der Waals surface area contributed by atoms with Crippen LogP contribution in [0.5, 0.6) is 0 Å². The van der Waals surface area contributed by atoms with E-state index in [0.717, 1.165) is 18.2 Å². The van der Waals surface area contributed by atoms with Crippen molar-refractivity contribution in [1.29, 1.82) is 0 Å². The first-order chi connectivity index (χ1) is 6.36. The fourth-order valence-electron chi connectivity index (χ4n) is 1.57. The van der Waals surface area contributed by atoms with Crippen molar-refractivity contribution in [3.63, 3.8) is 0 Å². The number of benzene rings is 1. The van der Waals surface area contributed by atoms with Gasteiger partial charge in [-0.2, -0.15) is 0 Å². The van der Waals surface area contributed by atoms with Crippen molar-refractivity contribution in [2.75, 3.05) is 0 Å². The van der Waals surface area contributed by atoms with Crippen LogP contribution in [-0.2, 0) is 4.79 Å². The number of Topliss-reactive ketones (excluding diaryl/α,β-unsaturated/α-hetero) is 1. The predicted octanol–water partition coefficient (Wildman–Crippen LogP) is 2.21. The molecule has 0 N–H and O–H groups in total. The first-order valence-corrected chi connectivity index (χ1v) is 6.74. The van der Waals surface area contributed by atoms with E-state index in [9.17, 15) is 4.79 Å². The second-order valence-corrected chi connectivity index (χ2v) is 5.79. The van der Waals surface area contributed by atoms with E-state index in [0.29, 0.717) is 25.6 Å². The predicted molar refractivity (Wildman–Crippen MR) is 54.0 cm³/mol. The Morgan fingerprint density at radius 1 is 1.23 bits per heavy atom. The number of carbonyl (C=O) groups is 1. The van der Waals surface area contributed by atoms with Crippen LogP contribution in [0.3, 0.4) is 0 Å². The Bertz CT molecular complexity index is 284. The molecule has 1 atom stereocenters. The molecule has 2 rings (SSSR count). The van der Waals surface area contributed by atoms with Gasteiger partial charge in [0.05, 0.1) is 0 Å². The van der Waals surface area contributed by atoms with Gasteiger partial charge in [-0.1, -0.05) is 0 Å². The summed E-state index contributed by atoms with van der Waals surface area (Å²) < 4.78 is 0. The van der Waals surface area contributed by atoms with Gasteiger partial charge in [0.1, 0.15) is 0 Å². The molecule has 1 saturated heterocycles. The van der Waals surface area contributed by atoms with Gasteiger partial charge in [0.15, 0.2) is 0 Å². The molecule has 1 aromatic carbocycles. The zero-order valence-corrected chi connectivity index (χ0v) is 9.11.